The molecule has 0 bridgehead atoms. The molecule has 0 aliphatic rings. The lowest BCUT2D eigenvalue weighted by atomic mass is 10.1. The van der Waals surface area contributed by atoms with E-state index in [1.165, 1.54) is 12.5 Å². The summed E-state index contributed by atoms with van der Waals surface area (Å²) in [5, 5.41) is 14.9. The van der Waals surface area contributed by atoms with E-state index >= 15 is 0 Å². The van der Waals surface area contributed by atoms with Crippen LogP contribution in [0.4, 0.5) is 0 Å². The van der Waals surface area contributed by atoms with Crippen molar-refractivity contribution in [2.45, 2.75) is 6.92 Å². The topological polar surface area (TPSA) is 83.3 Å². The Labute approximate surface area is 150 Å². The van der Waals surface area contributed by atoms with E-state index in [1.54, 1.807) is 18.2 Å². The van der Waals surface area contributed by atoms with Crippen molar-refractivity contribution in [3.63, 3.8) is 0 Å². The van der Waals surface area contributed by atoms with Gasteiger partial charge in [-0.25, -0.2) is 4.98 Å². The van der Waals surface area contributed by atoms with Crippen molar-refractivity contribution in [3.05, 3.63) is 68.7 Å². The molecule has 7 heteroatoms. The van der Waals surface area contributed by atoms with Crippen molar-refractivity contribution < 1.29 is 5.11 Å². The molecule has 6 nitrogen and oxygen atoms in total. The molecule has 0 fully saturated rings. The van der Waals surface area contributed by atoms with E-state index in [0.29, 0.717) is 16.6 Å². The van der Waals surface area contributed by atoms with Gasteiger partial charge in [0.05, 0.1) is 6.21 Å². The number of aromatic nitrogens is 3. The summed E-state index contributed by atoms with van der Waals surface area (Å²) in [6.07, 6.45) is 2.80. The molecule has 0 aliphatic carbocycles. The van der Waals surface area contributed by atoms with E-state index in [0.717, 1.165) is 25.6 Å². The molecule has 2 aromatic carbocycles. The first-order valence-corrected chi connectivity index (χ1v) is 8.35. The normalized spacial score (nSPS) is 11.8. The number of hydrogen-bond donors (Lipinski definition) is 2. The van der Waals surface area contributed by atoms with Crippen LogP contribution in [0.1, 0.15) is 11.1 Å². The number of nitrogens with zero attached hydrogens (tertiary/aromatic N) is 3. The molecule has 0 unspecified atom stereocenters. The van der Waals surface area contributed by atoms with Crippen molar-refractivity contribution in [1.82, 2.24) is 14.6 Å². The average Bonchev–Trinajstić information content (AvgIpc) is 2.98. The molecule has 0 amide bonds. The van der Waals surface area contributed by atoms with Gasteiger partial charge in [-0.1, -0.05) is 28.1 Å². The SMILES string of the molecule is Cc1cccc2[nH]c3c(=O)n(/N=C\c4cc(Br)ccc4O)cnc3c12. The van der Waals surface area contributed by atoms with Crippen LogP contribution in [0.3, 0.4) is 0 Å². The number of aromatic amines is 1. The summed E-state index contributed by atoms with van der Waals surface area (Å²) >= 11 is 3.34. The third kappa shape index (κ3) is 2.62. The van der Waals surface area contributed by atoms with E-state index in [1.807, 2.05) is 25.1 Å². The average molecular weight is 397 g/mol. The zero-order valence-electron chi connectivity index (χ0n) is 13.2. The van der Waals surface area contributed by atoms with Crippen LogP contribution in [0.15, 0.2) is 57.1 Å². The minimum atomic E-state index is -0.300. The fourth-order valence-electron chi connectivity index (χ4n) is 2.80. The van der Waals surface area contributed by atoms with E-state index < -0.39 is 0 Å². The smallest absolute Gasteiger partial charge is 0.298 e. The molecule has 0 saturated carbocycles. The zero-order chi connectivity index (χ0) is 17.6. The number of phenols is 1. The van der Waals surface area contributed by atoms with Crippen molar-refractivity contribution >= 4 is 44.1 Å². The van der Waals surface area contributed by atoms with Crippen LogP contribution in [0.2, 0.25) is 0 Å². The van der Waals surface area contributed by atoms with Crippen LogP contribution < -0.4 is 5.56 Å². The number of fused-ring (bicyclic) bond motifs is 3. The summed E-state index contributed by atoms with van der Waals surface area (Å²) in [4.78, 5) is 20.2. The molecule has 4 rings (SSSR count). The molecule has 4 aromatic rings. The number of phenolic OH excluding ortho intramolecular Hbond substituents is 1. The lowest BCUT2D eigenvalue weighted by Crippen LogP contribution is -2.17. The second kappa shape index (κ2) is 5.86. The number of nitrogens with one attached hydrogen (secondary N) is 1. The fourth-order valence-corrected chi connectivity index (χ4v) is 3.18. The maximum atomic E-state index is 12.7. The molecule has 0 aliphatic heterocycles. The number of hydrogen-bond acceptors (Lipinski definition) is 4. The highest BCUT2D eigenvalue weighted by molar-refractivity contribution is 9.10. The maximum absolute atomic E-state index is 12.7. The first-order valence-electron chi connectivity index (χ1n) is 7.56. The molecular weight excluding hydrogens is 384 g/mol. The van der Waals surface area contributed by atoms with E-state index in [2.05, 4.69) is 31.0 Å². The number of benzene rings is 2. The highest BCUT2D eigenvalue weighted by Gasteiger charge is 2.12. The van der Waals surface area contributed by atoms with Gasteiger partial charge >= 0.3 is 0 Å². The van der Waals surface area contributed by atoms with Crippen LogP contribution >= 0.6 is 15.9 Å². The van der Waals surface area contributed by atoms with Crippen LogP contribution in [-0.4, -0.2) is 26.0 Å². The Morgan fingerprint density at radius 2 is 2.16 bits per heavy atom. The van der Waals surface area contributed by atoms with Crippen molar-refractivity contribution in [2.24, 2.45) is 5.10 Å². The summed E-state index contributed by atoms with van der Waals surface area (Å²) in [5.74, 6) is 0.0790. The van der Waals surface area contributed by atoms with Gasteiger partial charge in [-0.05, 0) is 36.8 Å². The summed E-state index contributed by atoms with van der Waals surface area (Å²) in [7, 11) is 0. The largest absolute Gasteiger partial charge is 0.507 e. The van der Waals surface area contributed by atoms with Gasteiger partial charge in [0.25, 0.3) is 5.56 Å². The van der Waals surface area contributed by atoms with E-state index in [9.17, 15) is 9.90 Å². The lowest BCUT2D eigenvalue weighted by Gasteiger charge is -2.01. The first-order chi connectivity index (χ1) is 12.0. The monoisotopic (exact) mass is 396 g/mol. The molecular formula is C18H13BrN4O2. The molecule has 0 atom stereocenters. The Kier molecular flexibility index (Phi) is 3.65. The Hall–Kier alpha value is -2.93. The van der Waals surface area contributed by atoms with Gasteiger partial charge < -0.3 is 10.1 Å². The van der Waals surface area contributed by atoms with E-state index in [-0.39, 0.29) is 11.3 Å². The Morgan fingerprint density at radius 3 is 3.00 bits per heavy atom. The Bertz CT molecular complexity index is 1210. The fraction of sp³-hybridized carbons (Fsp3) is 0.0556. The van der Waals surface area contributed by atoms with Gasteiger partial charge in [-0.15, -0.1) is 0 Å². The molecule has 0 spiro atoms. The summed E-state index contributed by atoms with van der Waals surface area (Å²) < 4.78 is 1.95. The molecule has 0 saturated heterocycles. The molecule has 124 valence electrons. The Balaban J connectivity index is 1.86. The molecule has 25 heavy (non-hydrogen) atoms. The Morgan fingerprint density at radius 1 is 1.32 bits per heavy atom. The first kappa shape index (κ1) is 15.6. The third-order valence-electron chi connectivity index (χ3n) is 4.04. The van der Waals surface area contributed by atoms with Gasteiger partial charge in [0.15, 0.2) is 0 Å². The highest BCUT2D eigenvalue weighted by Crippen LogP contribution is 2.24. The molecule has 2 heterocycles. The maximum Gasteiger partial charge on any atom is 0.298 e. The quantitative estimate of drug-likeness (QED) is 0.508. The number of rotatable bonds is 2. The van der Waals surface area contributed by atoms with Crippen LogP contribution in [0.5, 0.6) is 5.75 Å². The van der Waals surface area contributed by atoms with Gasteiger partial charge in [0.1, 0.15) is 23.1 Å². The number of H-pyrrole nitrogens is 1. The van der Waals surface area contributed by atoms with Crippen LogP contribution in [0.25, 0.3) is 21.9 Å². The highest BCUT2D eigenvalue weighted by atomic mass is 79.9. The minimum Gasteiger partial charge on any atom is -0.507 e. The standard InChI is InChI=1S/C18H13BrN4O2/c1-10-3-2-4-13-15(10)16-17(22-13)18(25)23(9-20-16)21-8-11-7-12(19)5-6-14(11)24/h2-9,22,24H,1H3/b21-8-. The molecule has 2 aromatic heterocycles. The predicted molar refractivity (Wildman–Crippen MR) is 101 cm³/mol. The van der Waals surface area contributed by atoms with Crippen molar-refractivity contribution in [1.29, 1.82) is 0 Å². The van der Waals surface area contributed by atoms with Crippen molar-refractivity contribution in [3.8, 4) is 5.75 Å². The summed E-state index contributed by atoms with van der Waals surface area (Å²) in [5.41, 5.74) is 3.15. The second-order valence-electron chi connectivity index (χ2n) is 5.69. The third-order valence-corrected chi connectivity index (χ3v) is 4.53. The molecule has 0 radical (unpaired) electrons. The lowest BCUT2D eigenvalue weighted by molar-refractivity contribution is 0.474. The number of aryl methyl sites for hydroxylation is 1. The van der Waals surface area contributed by atoms with Gasteiger partial charge in [-0.3, -0.25) is 4.79 Å². The van der Waals surface area contributed by atoms with Gasteiger partial charge in [-0.2, -0.15) is 9.78 Å². The van der Waals surface area contributed by atoms with Gasteiger partial charge in [0.2, 0.25) is 0 Å². The van der Waals surface area contributed by atoms with Crippen LogP contribution in [0, 0.1) is 6.92 Å². The predicted octanol–water partition coefficient (Wildman–Crippen LogP) is 3.54. The summed E-state index contributed by atoms with van der Waals surface area (Å²) in [6.45, 7) is 1.98. The second-order valence-corrected chi connectivity index (χ2v) is 6.60. The van der Waals surface area contributed by atoms with Gasteiger partial charge in [0, 0.05) is 20.9 Å². The summed E-state index contributed by atoms with van der Waals surface area (Å²) in [6, 6.07) is 10.8. The number of halogens is 1. The zero-order valence-corrected chi connectivity index (χ0v) is 14.8. The minimum absolute atomic E-state index is 0.0790. The van der Waals surface area contributed by atoms with Crippen molar-refractivity contribution in [2.75, 3.05) is 0 Å². The van der Waals surface area contributed by atoms with E-state index in [4.69, 9.17) is 0 Å². The number of aromatic hydroxyl groups is 1. The molecule has 2 N–H and O–H groups in total. The van der Waals surface area contributed by atoms with Crippen LogP contribution in [-0.2, 0) is 0 Å².